The molecule has 0 aliphatic carbocycles. The molecule has 30 heavy (non-hydrogen) atoms. The van der Waals surface area contributed by atoms with Gasteiger partial charge in [0.2, 0.25) is 0 Å². The summed E-state index contributed by atoms with van der Waals surface area (Å²) >= 11 is 1.32. The van der Waals surface area contributed by atoms with E-state index in [4.69, 9.17) is 0 Å². The maximum Gasteiger partial charge on any atom is 0.271 e. The first-order valence-electron chi connectivity index (χ1n) is 9.10. The van der Waals surface area contributed by atoms with Crippen molar-refractivity contribution in [3.63, 3.8) is 0 Å². The van der Waals surface area contributed by atoms with E-state index in [0.717, 1.165) is 5.56 Å². The number of pyridine rings is 1. The molecule has 0 saturated carbocycles. The van der Waals surface area contributed by atoms with Gasteiger partial charge in [-0.3, -0.25) is 23.8 Å². The van der Waals surface area contributed by atoms with Gasteiger partial charge in [-0.05, 0) is 36.8 Å². The molecule has 0 fully saturated rings. The van der Waals surface area contributed by atoms with Crippen molar-refractivity contribution in [1.29, 1.82) is 0 Å². The van der Waals surface area contributed by atoms with Crippen LogP contribution in [0.3, 0.4) is 0 Å². The van der Waals surface area contributed by atoms with Crippen molar-refractivity contribution < 1.29 is 9.59 Å². The van der Waals surface area contributed by atoms with Gasteiger partial charge in [0.25, 0.3) is 17.4 Å². The smallest absolute Gasteiger partial charge is 0.271 e. The van der Waals surface area contributed by atoms with Gasteiger partial charge in [0.15, 0.2) is 4.96 Å². The Kier molecular flexibility index (Phi) is 5.36. The Labute approximate surface area is 175 Å². The van der Waals surface area contributed by atoms with Crippen LogP contribution in [0.2, 0.25) is 0 Å². The highest BCUT2D eigenvalue weighted by Crippen LogP contribution is 2.17. The Balaban J connectivity index is 1.43. The summed E-state index contributed by atoms with van der Waals surface area (Å²) in [7, 11) is 0. The van der Waals surface area contributed by atoms with Gasteiger partial charge in [0, 0.05) is 41.4 Å². The highest BCUT2D eigenvalue weighted by Gasteiger charge is 2.17. The van der Waals surface area contributed by atoms with Crippen LogP contribution in [0.4, 0.5) is 5.69 Å². The minimum absolute atomic E-state index is 0.0148. The normalized spacial score (nSPS) is 11.8. The highest BCUT2D eigenvalue weighted by molar-refractivity contribution is 7.15. The molecule has 0 bridgehead atoms. The maximum absolute atomic E-state index is 12.6. The zero-order valence-corrected chi connectivity index (χ0v) is 16.7. The molecule has 0 aliphatic rings. The monoisotopic (exact) mass is 419 g/mol. The fourth-order valence-electron chi connectivity index (χ4n) is 2.90. The molecule has 0 saturated heterocycles. The molecule has 3 heterocycles. The number of carbonyl (C=O) groups is 2. The molecule has 150 valence electrons. The summed E-state index contributed by atoms with van der Waals surface area (Å²) in [6.07, 6.45) is 6.00. The summed E-state index contributed by atoms with van der Waals surface area (Å²) in [6, 6.07) is 10.0. The first-order valence-corrected chi connectivity index (χ1v) is 9.98. The predicted molar refractivity (Wildman–Crippen MR) is 114 cm³/mol. The molecule has 1 aromatic carbocycles. The molecule has 3 aromatic heterocycles. The number of thiazole rings is 1. The van der Waals surface area contributed by atoms with E-state index in [1.54, 1.807) is 60.4 Å². The van der Waals surface area contributed by atoms with Gasteiger partial charge in [-0.2, -0.15) is 0 Å². The zero-order valence-electron chi connectivity index (χ0n) is 15.9. The summed E-state index contributed by atoms with van der Waals surface area (Å²) in [5, 5.41) is 7.36. The van der Waals surface area contributed by atoms with Crippen LogP contribution in [-0.4, -0.2) is 26.2 Å². The molecule has 1 atom stereocenters. The van der Waals surface area contributed by atoms with Crippen molar-refractivity contribution in [2.24, 2.45) is 0 Å². The summed E-state index contributed by atoms with van der Waals surface area (Å²) in [5.74, 6) is -0.723. The number of aromatic nitrogens is 3. The lowest BCUT2D eigenvalue weighted by atomic mass is 10.1. The Hall–Kier alpha value is -3.85. The topological polar surface area (TPSA) is 105 Å². The predicted octanol–water partition coefficient (Wildman–Crippen LogP) is 2.89. The van der Waals surface area contributed by atoms with Crippen LogP contribution in [0.1, 0.15) is 39.2 Å². The van der Waals surface area contributed by atoms with E-state index >= 15 is 0 Å². The van der Waals surface area contributed by atoms with Crippen LogP contribution in [0, 0.1) is 0 Å². The molecular weight excluding hydrogens is 402 g/mol. The lowest BCUT2D eigenvalue weighted by Crippen LogP contribution is -2.32. The second-order valence-corrected chi connectivity index (χ2v) is 7.41. The average molecular weight is 419 g/mol. The second-order valence-electron chi connectivity index (χ2n) is 6.54. The van der Waals surface area contributed by atoms with Crippen LogP contribution in [-0.2, 0) is 0 Å². The van der Waals surface area contributed by atoms with Crippen LogP contribution < -0.4 is 16.2 Å². The summed E-state index contributed by atoms with van der Waals surface area (Å²) in [5.41, 5.74) is 1.55. The number of rotatable bonds is 5. The van der Waals surface area contributed by atoms with Crippen molar-refractivity contribution >= 4 is 33.8 Å². The lowest BCUT2D eigenvalue weighted by Gasteiger charge is -2.15. The van der Waals surface area contributed by atoms with Gasteiger partial charge in [-0.25, -0.2) is 4.98 Å². The minimum atomic E-state index is -0.490. The first kappa shape index (κ1) is 19.5. The third-order valence-corrected chi connectivity index (χ3v) is 5.32. The lowest BCUT2D eigenvalue weighted by molar-refractivity contribution is 0.0937. The van der Waals surface area contributed by atoms with Gasteiger partial charge in [0.1, 0.15) is 5.56 Å². The Morgan fingerprint density at radius 2 is 1.80 bits per heavy atom. The largest absolute Gasteiger partial charge is 0.345 e. The highest BCUT2D eigenvalue weighted by atomic mass is 32.1. The van der Waals surface area contributed by atoms with Gasteiger partial charge < -0.3 is 10.6 Å². The third kappa shape index (κ3) is 3.96. The molecule has 2 N–H and O–H groups in total. The van der Waals surface area contributed by atoms with Crippen LogP contribution in [0.15, 0.2) is 71.4 Å². The van der Waals surface area contributed by atoms with Crippen molar-refractivity contribution in [1.82, 2.24) is 19.7 Å². The molecule has 8 nitrogen and oxygen atoms in total. The molecule has 4 rings (SSSR count). The number of nitrogens with one attached hydrogen (secondary N) is 2. The molecular formula is C21H17N5O3S. The molecule has 2 amide bonds. The molecule has 9 heteroatoms. The number of hydrogen-bond acceptors (Lipinski definition) is 6. The number of carbonyl (C=O) groups excluding carboxylic acids is 2. The van der Waals surface area contributed by atoms with Gasteiger partial charge >= 0.3 is 0 Å². The van der Waals surface area contributed by atoms with E-state index < -0.39 is 11.5 Å². The van der Waals surface area contributed by atoms with Crippen molar-refractivity contribution in [2.45, 2.75) is 13.0 Å². The number of anilines is 1. The van der Waals surface area contributed by atoms with E-state index in [9.17, 15) is 14.4 Å². The third-order valence-electron chi connectivity index (χ3n) is 4.55. The van der Waals surface area contributed by atoms with Crippen LogP contribution >= 0.6 is 11.3 Å². The molecule has 0 spiro atoms. The molecule has 4 aromatic rings. The van der Waals surface area contributed by atoms with Crippen molar-refractivity contribution in [3.8, 4) is 0 Å². The summed E-state index contributed by atoms with van der Waals surface area (Å²) in [6.45, 7) is 1.82. The number of hydrogen-bond donors (Lipinski definition) is 2. The van der Waals surface area contributed by atoms with Gasteiger partial charge in [-0.1, -0.05) is 12.1 Å². The molecule has 1 unspecified atom stereocenters. The minimum Gasteiger partial charge on any atom is -0.345 e. The van der Waals surface area contributed by atoms with E-state index in [2.05, 4.69) is 20.6 Å². The maximum atomic E-state index is 12.6. The Morgan fingerprint density at radius 1 is 1.07 bits per heavy atom. The van der Waals surface area contributed by atoms with Gasteiger partial charge in [0.05, 0.1) is 6.04 Å². The number of amides is 2. The standard InChI is InChI=1S/C21H17N5O3S/c1-13(24-19(28)17-12-23-21-26(20(17)29)10-11-30-21)14-2-4-16(5-3-14)25-18(27)15-6-8-22-9-7-15/h2-13H,1H3,(H,24,28)(H,25,27). The van der Waals surface area contributed by atoms with Crippen LogP contribution in [0.5, 0.6) is 0 Å². The SMILES string of the molecule is CC(NC(=O)c1cnc2sccn2c1=O)c1ccc(NC(=O)c2ccncc2)cc1. The number of nitrogens with zero attached hydrogens (tertiary/aromatic N) is 3. The first-order chi connectivity index (χ1) is 14.5. The fraction of sp³-hybridized carbons (Fsp3) is 0.0952. The number of benzene rings is 1. The summed E-state index contributed by atoms with van der Waals surface area (Å²) in [4.78, 5) is 45.8. The Morgan fingerprint density at radius 3 is 2.53 bits per heavy atom. The fourth-order valence-corrected chi connectivity index (χ4v) is 3.57. The van der Waals surface area contributed by atoms with Gasteiger partial charge in [-0.15, -0.1) is 11.3 Å². The quantitative estimate of drug-likeness (QED) is 0.517. The van der Waals surface area contributed by atoms with E-state index in [1.807, 2.05) is 6.92 Å². The second kappa shape index (κ2) is 8.26. The van der Waals surface area contributed by atoms with Crippen LogP contribution in [0.25, 0.3) is 4.96 Å². The van der Waals surface area contributed by atoms with E-state index in [-0.39, 0.29) is 17.5 Å². The summed E-state index contributed by atoms with van der Waals surface area (Å²) < 4.78 is 1.35. The zero-order chi connectivity index (χ0) is 21.1. The van der Waals surface area contributed by atoms with Crippen molar-refractivity contribution in [2.75, 3.05) is 5.32 Å². The average Bonchev–Trinajstić information content (AvgIpc) is 3.25. The van der Waals surface area contributed by atoms with Crippen molar-refractivity contribution in [3.05, 3.63) is 93.6 Å². The van der Waals surface area contributed by atoms with E-state index in [0.29, 0.717) is 16.2 Å². The number of fused-ring (bicyclic) bond motifs is 1. The van der Waals surface area contributed by atoms with E-state index in [1.165, 1.54) is 21.9 Å². The molecule has 0 aliphatic heterocycles. The molecule has 0 radical (unpaired) electrons. The Bertz CT molecular complexity index is 1270.